The van der Waals surface area contributed by atoms with Crippen molar-refractivity contribution in [1.82, 2.24) is 15.0 Å². The van der Waals surface area contributed by atoms with Crippen LogP contribution in [0.4, 0.5) is 0 Å². The summed E-state index contributed by atoms with van der Waals surface area (Å²) in [4.78, 5) is 13.0. The molecule has 5 heteroatoms. The van der Waals surface area contributed by atoms with Crippen LogP contribution in [0, 0.1) is 0 Å². The Morgan fingerprint density at radius 3 is 2.35 bits per heavy atom. The molecule has 2 aromatic heterocycles. The fraction of sp³-hybridized carbons (Fsp3) is 0. The Hall–Kier alpha value is -3.34. The van der Waals surface area contributed by atoms with Crippen LogP contribution in [0.15, 0.2) is 72.3 Å². The monoisotopic (exact) mass is 300 g/mol. The van der Waals surface area contributed by atoms with E-state index in [-0.39, 0.29) is 5.49 Å². The number of fused-ring (bicyclic) bond motifs is 3. The van der Waals surface area contributed by atoms with Crippen LogP contribution in [0.5, 0.6) is 0 Å². The van der Waals surface area contributed by atoms with Gasteiger partial charge in [-0.3, -0.25) is 0 Å². The first kappa shape index (κ1) is 13.3. The number of rotatable bonds is 1. The van der Waals surface area contributed by atoms with E-state index in [1.54, 1.807) is 6.20 Å². The second-order valence-electron chi connectivity index (χ2n) is 5.08. The molecule has 2 aromatic carbocycles. The summed E-state index contributed by atoms with van der Waals surface area (Å²) in [6.45, 7) is 0. The van der Waals surface area contributed by atoms with Crippen LogP contribution in [-0.2, 0) is 0 Å². The highest BCUT2D eigenvalue weighted by molar-refractivity contribution is 6.07. The minimum atomic E-state index is 0.204. The number of nitrogens with zero attached hydrogens (tertiary/aromatic N) is 4. The molecule has 4 rings (SSSR count). The SMILES string of the molecule is ON=c1nc(-c2ccccc2)c2ccccc2c2ncncc12. The molecule has 2 heterocycles. The van der Waals surface area contributed by atoms with Crippen LogP contribution in [0.2, 0.25) is 0 Å². The van der Waals surface area contributed by atoms with Crippen molar-refractivity contribution >= 4 is 21.7 Å². The van der Waals surface area contributed by atoms with E-state index in [1.807, 2.05) is 54.6 Å². The van der Waals surface area contributed by atoms with Gasteiger partial charge in [0.2, 0.25) is 5.49 Å². The smallest absolute Gasteiger partial charge is 0.202 e. The molecular weight excluding hydrogens is 288 g/mol. The Bertz CT molecular complexity index is 1080. The Labute approximate surface area is 131 Å². The third-order valence-corrected chi connectivity index (χ3v) is 3.75. The van der Waals surface area contributed by atoms with Crippen molar-refractivity contribution in [2.24, 2.45) is 5.16 Å². The normalized spacial score (nSPS) is 11.9. The summed E-state index contributed by atoms with van der Waals surface area (Å²) in [5, 5.41) is 15.3. The Morgan fingerprint density at radius 2 is 1.57 bits per heavy atom. The van der Waals surface area contributed by atoms with E-state index in [0.717, 1.165) is 22.0 Å². The summed E-state index contributed by atoms with van der Waals surface area (Å²) in [5.41, 5.74) is 2.60. The predicted molar refractivity (Wildman–Crippen MR) is 87.6 cm³/mol. The fourth-order valence-corrected chi connectivity index (χ4v) is 2.72. The molecule has 0 radical (unpaired) electrons. The van der Waals surface area contributed by atoms with Crippen LogP contribution >= 0.6 is 0 Å². The third-order valence-electron chi connectivity index (χ3n) is 3.75. The van der Waals surface area contributed by atoms with Gasteiger partial charge in [0, 0.05) is 22.5 Å². The fourth-order valence-electron chi connectivity index (χ4n) is 2.72. The molecule has 0 aliphatic rings. The molecule has 0 fully saturated rings. The number of benzene rings is 2. The molecular formula is C18H12N4O. The van der Waals surface area contributed by atoms with E-state index < -0.39 is 0 Å². The van der Waals surface area contributed by atoms with Crippen molar-refractivity contribution in [1.29, 1.82) is 0 Å². The minimum absolute atomic E-state index is 0.204. The van der Waals surface area contributed by atoms with Crippen molar-refractivity contribution < 1.29 is 5.21 Å². The summed E-state index contributed by atoms with van der Waals surface area (Å²) >= 11 is 0. The first-order valence-corrected chi connectivity index (χ1v) is 7.15. The zero-order valence-electron chi connectivity index (χ0n) is 12.1. The lowest BCUT2D eigenvalue weighted by Gasteiger charge is -2.01. The first-order valence-electron chi connectivity index (χ1n) is 7.15. The highest BCUT2D eigenvalue weighted by atomic mass is 16.4. The molecule has 0 unspecified atom stereocenters. The highest BCUT2D eigenvalue weighted by Crippen LogP contribution is 2.27. The maximum Gasteiger partial charge on any atom is 0.202 e. The molecule has 23 heavy (non-hydrogen) atoms. The molecule has 1 N–H and O–H groups in total. The molecule has 0 bridgehead atoms. The van der Waals surface area contributed by atoms with Gasteiger partial charge < -0.3 is 5.21 Å². The van der Waals surface area contributed by atoms with Crippen molar-refractivity contribution in [3.05, 3.63) is 72.6 Å². The minimum Gasteiger partial charge on any atom is -0.409 e. The quantitative estimate of drug-likeness (QED) is 0.433. The number of hydrogen-bond donors (Lipinski definition) is 1. The van der Waals surface area contributed by atoms with Crippen LogP contribution in [0.3, 0.4) is 0 Å². The van der Waals surface area contributed by atoms with Gasteiger partial charge in [0.25, 0.3) is 0 Å². The lowest BCUT2D eigenvalue weighted by Crippen LogP contribution is -2.07. The van der Waals surface area contributed by atoms with Gasteiger partial charge in [-0.25, -0.2) is 15.0 Å². The second-order valence-corrected chi connectivity index (χ2v) is 5.08. The predicted octanol–water partition coefficient (Wildman–Crippen LogP) is 3.13. The van der Waals surface area contributed by atoms with Crippen molar-refractivity contribution in [2.75, 3.05) is 0 Å². The summed E-state index contributed by atoms with van der Waals surface area (Å²) in [7, 11) is 0. The van der Waals surface area contributed by atoms with E-state index in [1.165, 1.54) is 6.33 Å². The summed E-state index contributed by atoms with van der Waals surface area (Å²) in [6.07, 6.45) is 3.10. The average Bonchev–Trinajstić information content (AvgIpc) is 2.77. The molecule has 0 saturated carbocycles. The van der Waals surface area contributed by atoms with Crippen LogP contribution in [0.1, 0.15) is 0 Å². The van der Waals surface area contributed by atoms with Crippen LogP contribution in [0.25, 0.3) is 32.9 Å². The molecule has 110 valence electrons. The van der Waals surface area contributed by atoms with E-state index in [2.05, 4.69) is 20.1 Å². The molecule has 0 aliphatic carbocycles. The highest BCUT2D eigenvalue weighted by Gasteiger charge is 2.10. The van der Waals surface area contributed by atoms with Crippen molar-refractivity contribution in [2.45, 2.75) is 0 Å². The van der Waals surface area contributed by atoms with Gasteiger partial charge in [0.05, 0.1) is 16.6 Å². The Kier molecular flexibility index (Phi) is 3.16. The van der Waals surface area contributed by atoms with E-state index >= 15 is 0 Å². The van der Waals surface area contributed by atoms with Gasteiger partial charge in [0.1, 0.15) is 6.33 Å². The van der Waals surface area contributed by atoms with Gasteiger partial charge in [-0.05, 0) is 0 Å². The third kappa shape index (κ3) is 2.19. The molecule has 0 atom stereocenters. The maximum absolute atomic E-state index is 9.43. The molecule has 0 spiro atoms. The Balaban J connectivity index is 2.32. The Morgan fingerprint density at radius 1 is 0.826 bits per heavy atom. The number of hydrogen-bond acceptors (Lipinski definition) is 5. The summed E-state index contributed by atoms with van der Waals surface area (Å²) in [6, 6.07) is 17.7. The van der Waals surface area contributed by atoms with Crippen molar-refractivity contribution in [3.8, 4) is 11.3 Å². The summed E-state index contributed by atoms with van der Waals surface area (Å²) < 4.78 is 0. The van der Waals surface area contributed by atoms with Gasteiger partial charge >= 0.3 is 0 Å². The molecule has 0 saturated heterocycles. The summed E-state index contributed by atoms with van der Waals surface area (Å²) in [5.74, 6) is 0. The second kappa shape index (κ2) is 5.46. The van der Waals surface area contributed by atoms with Crippen LogP contribution < -0.4 is 5.49 Å². The topological polar surface area (TPSA) is 71.3 Å². The lowest BCUT2D eigenvalue weighted by atomic mass is 10.0. The average molecular weight is 300 g/mol. The first-order chi connectivity index (χ1) is 11.4. The van der Waals surface area contributed by atoms with Gasteiger partial charge in [0.15, 0.2) is 0 Å². The molecule has 4 aromatic rings. The van der Waals surface area contributed by atoms with E-state index in [4.69, 9.17) is 0 Å². The van der Waals surface area contributed by atoms with E-state index in [0.29, 0.717) is 10.9 Å². The zero-order chi connectivity index (χ0) is 15.6. The van der Waals surface area contributed by atoms with Gasteiger partial charge in [-0.15, -0.1) is 0 Å². The lowest BCUT2D eigenvalue weighted by molar-refractivity contribution is 0.300. The molecule has 0 amide bonds. The molecule has 5 nitrogen and oxygen atoms in total. The maximum atomic E-state index is 9.43. The standard InChI is InChI=1S/C18H12N4O/c23-22-18-15-10-19-11-20-17(15)14-9-5-4-8-13(14)16(21-18)12-6-2-1-3-7-12/h1-11,23H. The molecule has 0 aliphatic heterocycles. The van der Waals surface area contributed by atoms with Gasteiger partial charge in [-0.2, -0.15) is 0 Å². The van der Waals surface area contributed by atoms with Gasteiger partial charge in [-0.1, -0.05) is 59.8 Å². The van der Waals surface area contributed by atoms with Crippen LogP contribution in [-0.4, -0.2) is 20.2 Å². The number of aromatic nitrogens is 3. The zero-order valence-corrected chi connectivity index (χ0v) is 12.1. The largest absolute Gasteiger partial charge is 0.409 e. The van der Waals surface area contributed by atoms with Crippen molar-refractivity contribution in [3.63, 3.8) is 0 Å². The van der Waals surface area contributed by atoms with E-state index in [9.17, 15) is 5.21 Å².